The molecule has 0 aliphatic rings. The molecule has 0 N–H and O–H groups in total. The molecule has 0 bridgehead atoms. The molecule has 0 saturated heterocycles. The first-order valence-electron chi connectivity index (χ1n) is 8.84. The average Bonchev–Trinajstić information content (AvgIpc) is 3.00. The lowest BCUT2D eigenvalue weighted by atomic mass is 10.0. The van der Waals surface area contributed by atoms with E-state index in [0.717, 1.165) is 28.0 Å². The van der Waals surface area contributed by atoms with Crippen molar-refractivity contribution in [2.45, 2.75) is 20.4 Å². The van der Waals surface area contributed by atoms with Crippen molar-refractivity contribution in [3.8, 4) is 11.4 Å². The highest BCUT2D eigenvalue weighted by atomic mass is 35.5. The number of ketones is 1. The Bertz CT molecular complexity index is 1140. The Labute approximate surface area is 163 Å². The van der Waals surface area contributed by atoms with E-state index < -0.39 is 0 Å². The van der Waals surface area contributed by atoms with Gasteiger partial charge < -0.3 is 4.57 Å². The quantitative estimate of drug-likeness (QED) is 0.419. The van der Waals surface area contributed by atoms with Crippen molar-refractivity contribution in [1.29, 1.82) is 0 Å². The summed E-state index contributed by atoms with van der Waals surface area (Å²) in [4.78, 5) is 17.7. The predicted octanol–water partition coefficient (Wildman–Crippen LogP) is 5.86. The summed E-state index contributed by atoms with van der Waals surface area (Å²) < 4.78 is 2.00. The van der Waals surface area contributed by atoms with Crippen LogP contribution >= 0.6 is 11.6 Å². The van der Waals surface area contributed by atoms with Gasteiger partial charge >= 0.3 is 0 Å². The molecule has 0 aliphatic heterocycles. The second kappa shape index (κ2) is 7.01. The van der Waals surface area contributed by atoms with Crippen LogP contribution in [0.4, 0.5) is 0 Å². The van der Waals surface area contributed by atoms with Crippen molar-refractivity contribution in [2.75, 3.05) is 0 Å². The number of Topliss-reactive ketones (excluding diaryl/α,β-unsaturated/α-hetero) is 1. The van der Waals surface area contributed by atoms with E-state index in [1.54, 1.807) is 24.3 Å². The fourth-order valence-corrected chi connectivity index (χ4v) is 3.50. The maximum atomic E-state index is 12.9. The van der Waals surface area contributed by atoms with E-state index in [2.05, 4.69) is 32.0 Å². The molecule has 1 aromatic heterocycles. The molecule has 3 aromatic carbocycles. The van der Waals surface area contributed by atoms with Crippen LogP contribution in [0, 0.1) is 13.8 Å². The lowest BCUT2D eigenvalue weighted by molar-refractivity contribution is 0.0974. The van der Waals surface area contributed by atoms with Gasteiger partial charge in [-0.15, -0.1) is 0 Å². The molecule has 0 spiro atoms. The largest absolute Gasteiger partial charge is 0.316 e. The summed E-state index contributed by atoms with van der Waals surface area (Å²) in [7, 11) is 0. The fraction of sp³-hybridized carbons (Fsp3) is 0.130. The van der Waals surface area contributed by atoms with Crippen molar-refractivity contribution in [3.63, 3.8) is 0 Å². The lowest BCUT2D eigenvalue weighted by Gasteiger charge is -2.11. The zero-order chi connectivity index (χ0) is 19.0. The summed E-state index contributed by atoms with van der Waals surface area (Å²) >= 11 is 5.95. The Morgan fingerprint density at radius 3 is 2.48 bits per heavy atom. The van der Waals surface area contributed by atoms with E-state index in [1.807, 2.05) is 28.8 Å². The molecule has 4 rings (SSSR count). The van der Waals surface area contributed by atoms with Crippen LogP contribution in [-0.4, -0.2) is 15.3 Å². The molecule has 0 aliphatic carbocycles. The van der Waals surface area contributed by atoms with Gasteiger partial charge in [0.1, 0.15) is 5.82 Å². The predicted molar refractivity (Wildman–Crippen MR) is 110 cm³/mol. The highest BCUT2D eigenvalue weighted by molar-refractivity contribution is 6.30. The van der Waals surface area contributed by atoms with Gasteiger partial charge in [-0.05, 0) is 55.8 Å². The average molecular weight is 375 g/mol. The fourth-order valence-electron chi connectivity index (χ4n) is 3.38. The number of halogens is 1. The molecular weight excluding hydrogens is 356 g/mol. The number of rotatable bonds is 4. The zero-order valence-corrected chi connectivity index (χ0v) is 16.0. The molecule has 0 fully saturated rings. The minimum Gasteiger partial charge on any atom is -0.316 e. The van der Waals surface area contributed by atoms with Gasteiger partial charge in [0, 0.05) is 16.1 Å². The van der Waals surface area contributed by atoms with E-state index in [1.165, 1.54) is 5.56 Å². The minimum absolute atomic E-state index is 0.0286. The van der Waals surface area contributed by atoms with Gasteiger partial charge in [0.2, 0.25) is 0 Å². The minimum atomic E-state index is 0.0286. The molecule has 3 nitrogen and oxygen atoms in total. The van der Waals surface area contributed by atoms with Crippen LogP contribution in [0.25, 0.3) is 22.4 Å². The smallest absolute Gasteiger partial charge is 0.182 e. The summed E-state index contributed by atoms with van der Waals surface area (Å²) in [5, 5.41) is 0.621. The van der Waals surface area contributed by atoms with Crippen LogP contribution < -0.4 is 0 Å². The van der Waals surface area contributed by atoms with Crippen molar-refractivity contribution in [1.82, 2.24) is 9.55 Å². The Morgan fingerprint density at radius 2 is 1.74 bits per heavy atom. The van der Waals surface area contributed by atoms with E-state index in [-0.39, 0.29) is 12.3 Å². The van der Waals surface area contributed by atoms with Gasteiger partial charge in [0.15, 0.2) is 5.78 Å². The normalized spacial score (nSPS) is 11.1. The number of aryl methyl sites for hydroxylation is 2. The van der Waals surface area contributed by atoms with Gasteiger partial charge in [-0.3, -0.25) is 4.79 Å². The van der Waals surface area contributed by atoms with Crippen LogP contribution in [0.15, 0.2) is 66.7 Å². The summed E-state index contributed by atoms with van der Waals surface area (Å²) in [5.41, 5.74) is 5.87. The third-order valence-corrected chi connectivity index (χ3v) is 5.00. The molecular formula is C23H19ClN2O. The first-order chi connectivity index (χ1) is 13.0. The van der Waals surface area contributed by atoms with E-state index in [9.17, 15) is 4.79 Å². The summed E-state index contributed by atoms with van der Waals surface area (Å²) in [6.45, 7) is 4.38. The maximum Gasteiger partial charge on any atom is 0.182 e. The summed E-state index contributed by atoms with van der Waals surface area (Å²) in [5.74, 6) is 0.844. The van der Waals surface area contributed by atoms with Crippen molar-refractivity contribution in [3.05, 3.63) is 88.4 Å². The summed E-state index contributed by atoms with van der Waals surface area (Å²) in [6, 6.07) is 21.2. The van der Waals surface area contributed by atoms with E-state index in [4.69, 9.17) is 16.6 Å². The lowest BCUT2D eigenvalue weighted by Crippen LogP contribution is -2.12. The van der Waals surface area contributed by atoms with Crippen LogP contribution in [0.5, 0.6) is 0 Å². The first-order valence-corrected chi connectivity index (χ1v) is 9.22. The highest BCUT2D eigenvalue weighted by Gasteiger charge is 2.17. The molecule has 0 radical (unpaired) electrons. The van der Waals surface area contributed by atoms with Crippen LogP contribution in [0.1, 0.15) is 21.5 Å². The third kappa shape index (κ3) is 3.38. The third-order valence-electron chi connectivity index (χ3n) is 4.75. The SMILES string of the molecule is Cc1ccc(-c2nc3ccccc3n2CC(=O)c2ccc(Cl)cc2)c(C)c1. The Hall–Kier alpha value is -2.91. The second-order valence-electron chi connectivity index (χ2n) is 6.76. The molecule has 1 heterocycles. The van der Waals surface area contributed by atoms with Crippen LogP contribution in [-0.2, 0) is 6.54 Å². The van der Waals surface area contributed by atoms with Gasteiger partial charge in [0.25, 0.3) is 0 Å². The topological polar surface area (TPSA) is 34.9 Å². The Morgan fingerprint density at radius 1 is 1.00 bits per heavy atom. The molecule has 0 amide bonds. The number of imidazole rings is 1. The number of hydrogen-bond acceptors (Lipinski definition) is 2. The zero-order valence-electron chi connectivity index (χ0n) is 15.2. The number of carbonyl (C=O) groups excluding carboxylic acids is 1. The van der Waals surface area contributed by atoms with Gasteiger partial charge in [0.05, 0.1) is 17.6 Å². The molecule has 4 aromatic rings. The van der Waals surface area contributed by atoms with Gasteiger partial charge in [-0.25, -0.2) is 4.98 Å². The number of fused-ring (bicyclic) bond motifs is 1. The standard InChI is InChI=1S/C23H19ClN2O/c1-15-7-12-19(16(2)13-15)23-25-20-5-3-4-6-21(20)26(23)14-22(27)17-8-10-18(24)11-9-17/h3-13H,14H2,1-2H3. The van der Waals surface area contributed by atoms with Crippen molar-refractivity contribution < 1.29 is 4.79 Å². The Balaban J connectivity index is 1.83. The van der Waals surface area contributed by atoms with Gasteiger partial charge in [-0.1, -0.05) is 47.5 Å². The molecule has 4 heteroatoms. The van der Waals surface area contributed by atoms with Gasteiger partial charge in [-0.2, -0.15) is 0 Å². The van der Waals surface area contributed by atoms with Crippen LogP contribution in [0.2, 0.25) is 5.02 Å². The molecule has 134 valence electrons. The van der Waals surface area contributed by atoms with Crippen LogP contribution in [0.3, 0.4) is 0 Å². The molecule has 0 atom stereocenters. The number of carbonyl (C=O) groups is 1. The highest BCUT2D eigenvalue weighted by Crippen LogP contribution is 2.28. The van der Waals surface area contributed by atoms with Crippen molar-refractivity contribution in [2.24, 2.45) is 0 Å². The maximum absolute atomic E-state index is 12.9. The second-order valence-corrected chi connectivity index (χ2v) is 7.20. The molecule has 0 saturated carbocycles. The monoisotopic (exact) mass is 374 g/mol. The number of para-hydroxylation sites is 2. The Kier molecular flexibility index (Phi) is 4.54. The molecule has 27 heavy (non-hydrogen) atoms. The number of nitrogens with zero attached hydrogens (tertiary/aromatic N) is 2. The molecule has 0 unspecified atom stereocenters. The number of aromatic nitrogens is 2. The van der Waals surface area contributed by atoms with E-state index in [0.29, 0.717) is 10.6 Å². The van der Waals surface area contributed by atoms with E-state index >= 15 is 0 Å². The van der Waals surface area contributed by atoms with Crippen molar-refractivity contribution >= 4 is 28.4 Å². The number of hydrogen-bond donors (Lipinski definition) is 0. The first kappa shape index (κ1) is 17.5. The summed E-state index contributed by atoms with van der Waals surface area (Å²) in [6.07, 6.45) is 0. The number of benzene rings is 3.